The van der Waals surface area contributed by atoms with Crippen LogP contribution in [-0.2, 0) is 0 Å². The Morgan fingerprint density at radius 2 is 1.11 bits per heavy atom. The summed E-state index contributed by atoms with van der Waals surface area (Å²) in [6, 6.07) is 14.5. The highest BCUT2D eigenvalue weighted by Gasteiger charge is 2.16. The van der Waals surface area contributed by atoms with Crippen LogP contribution < -0.4 is 10.7 Å². The van der Waals surface area contributed by atoms with E-state index in [1.54, 1.807) is 19.1 Å². The molecule has 4 aromatic carbocycles. The van der Waals surface area contributed by atoms with Crippen LogP contribution in [0.3, 0.4) is 0 Å². The first-order valence-electron chi connectivity index (χ1n) is 17.7. The molecule has 0 aromatic heterocycles. The zero-order valence-corrected chi connectivity index (χ0v) is 36.8. The van der Waals surface area contributed by atoms with Crippen molar-refractivity contribution in [3.63, 3.8) is 0 Å². The molecule has 0 aliphatic heterocycles. The molecule has 8 N–H and O–H groups in total. The molecule has 0 unspecified atom stereocenters. The number of rotatable bonds is 4. The highest BCUT2D eigenvalue weighted by atomic mass is 16.6. The molecular formula is C45H56N8O8. The first-order chi connectivity index (χ1) is 28.4. The second-order valence-corrected chi connectivity index (χ2v) is 12.9. The van der Waals surface area contributed by atoms with E-state index in [9.17, 15) is 10.4 Å². The van der Waals surface area contributed by atoms with E-state index in [0.717, 1.165) is 61.2 Å². The minimum atomic E-state index is 0. The summed E-state index contributed by atoms with van der Waals surface area (Å²) in [7, 11) is 0. The molecule has 0 amide bonds. The second kappa shape index (κ2) is 30.4. The lowest BCUT2D eigenvalue weighted by molar-refractivity contribution is 0.311. The highest BCUT2D eigenvalue weighted by Crippen LogP contribution is 2.29. The fourth-order valence-corrected chi connectivity index (χ4v) is 5.56. The highest BCUT2D eigenvalue weighted by molar-refractivity contribution is 5.86. The average Bonchev–Trinajstić information content (AvgIpc) is 3.23. The van der Waals surface area contributed by atoms with Crippen molar-refractivity contribution in [3.05, 3.63) is 175 Å². The number of hydrogen-bond acceptors (Lipinski definition) is 11. The lowest BCUT2D eigenvalue weighted by atomic mass is 9.94. The van der Waals surface area contributed by atoms with Gasteiger partial charge in [0.15, 0.2) is 5.69 Å². The Balaban J connectivity index is -0.000000707. The summed E-state index contributed by atoms with van der Waals surface area (Å²) >= 11 is 0. The topological polar surface area (TPSA) is 248 Å². The van der Waals surface area contributed by atoms with Gasteiger partial charge in [-0.05, 0) is 161 Å². The van der Waals surface area contributed by atoms with Crippen molar-refractivity contribution in [1.82, 2.24) is 0 Å². The SMILES string of the molecule is C=Cc1cc(C)c(C)c(/C=N/O)c1C.C=NO.Cc1ccc(C)c(/C=N/O)c1C.NO.O.[C-]#[N+]Oc1cc(C)c(C)c(C#[N+][O-])c1C.[C-]#[N+]c1cc(C)c(C#[N+][O-])c(C)c1C. The van der Waals surface area contributed by atoms with Gasteiger partial charge in [0.1, 0.15) is 11.1 Å². The Hall–Kier alpha value is -7.73. The number of hydrogen-bond donors (Lipinski definition) is 5. The maximum atomic E-state index is 10.2. The standard InChI is InChI=1S/C12H15NO.C11H10N2O2.C11H10N2O.C10H13NO.CH3NO.H3NO.H2O/c1-5-11-6-8(2)9(3)12(7-13-14)10(11)4;1-7-5-11(15-12-4)9(3)10(6-13-14)8(7)2;1-7-5-11(12-4)9(3)8(2)10(7)6-13-14;1-7-4-5-8(2)10(6-11-12)9(7)3;1-2-3;1-2;/h5-7,14H,1H2,2-4H3;5H,1-3H3;5H,1-3H3;4-6,12H,1-3H3;3H,1H2;2H,1H2;1H2/b13-7+;;;11-6+;;;. The largest absolute Gasteiger partial charge is 0.498 e. The molecule has 0 aliphatic rings. The monoisotopic (exact) mass is 836 g/mol. The summed E-state index contributed by atoms with van der Waals surface area (Å²) in [6.07, 6.45) is 4.78. The minimum Gasteiger partial charge on any atom is -0.498 e. The summed E-state index contributed by atoms with van der Waals surface area (Å²) in [5, 5.41) is 67.4. The van der Waals surface area contributed by atoms with Crippen molar-refractivity contribution in [2.24, 2.45) is 21.4 Å². The van der Waals surface area contributed by atoms with Crippen molar-refractivity contribution in [3.8, 4) is 17.9 Å². The molecule has 0 radical (unpaired) electrons. The van der Waals surface area contributed by atoms with Gasteiger partial charge in [-0.1, -0.05) is 47.2 Å². The van der Waals surface area contributed by atoms with Gasteiger partial charge >= 0.3 is 12.1 Å². The van der Waals surface area contributed by atoms with Gasteiger partial charge in [-0.3, -0.25) is 0 Å². The van der Waals surface area contributed by atoms with Gasteiger partial charge in [0.2, 0.25) is 5.75 Å². The van der Waals surface area contributed by atoms with Gasteiger partial charge < -0.3 is 36.7 Å². The molecule has 61 heavy (non-hydrogen) atoms. The van der Waals surface area contributed by atoms with Crippen LogP contribution in [0.5, 0.6) is 5.75 Å². The van der Waals surface area contributed by atoms with E-state index in [1.807, 2.05) is 88.3 Å². The fourth-order valence-electron chi connectivity index (χ4n) is 5.56. The summed E-state index contributed by atoms with van der Waals surface area (Å²) in [6.45, 7) is 43.2. The Bertz CT molecular complexity index is 2390. The quantitative estimate of drug-likeness (QED) is 0.0571. The van der Waals surface area contributed by atoms with Crippen molar-refractivity contribution in [1.29, 1.82) is 0 Å². The zero-order chi connectivity index (χ0) is 46.7. The summed E-state index contributed by atoms with van der Waals surface area (Å²) < 4.78 is 0. The van der Waals surface area contributed by atoms with Crippen LogP contribution in [0, 0.1) is 119 Å². The van der Waals surface area contributed by atoms with Crippen LogP contribution in [0.2, 0.25) is 0 Å². The predicted octanol–water partition coefficient (Wildman–Crippen LogP) is 10.4. The van der Waals surface area contributed by atoms with E-state index in [2.05, 4.69) is 78.8 Å². The van der Waals surface area contributed by atoms with Crippen LogP contribution in [0.1, 0.15) is 94.6 Å². The Labute approximate surface area is 358 Å². The van der Waals surface area contributed by atoms with Gasteiger partial charge in [-0.2, -0.15) is 11.4 Å². The molecule has 0 spiro atoms. The third-order valence-electron chi connectivity index (χ3n) is 9.51. The molecule has 0 saturated heterocycles. The maximum absolute atomic E-state index is 10.2. The number of oxime groups is 3. The van der Waals surface area contributed by atoms with Crippen LogP contribution in [0.25, 0.3) is 25.9 Å². The normalized spacial score (nSPS) is 9.05. The molecule has 4 aromatic rings. The van der Waals surface area contributed by atoms with E-state index in [1.165, 1.54) is 29.1 Å². The molecule has 4 rings (SSSR count). The van der Waals surface area contributed by atoms with Crippen LogP contribution in [0.4, 0.5) is 5.69 Å². The van der Waals surface area contributed by atoms with E-state index in [-0.39, 0.29) is 5.48 Å². The predicted molar refractivity (Wildman–Crippen MR) is 245 cm³/mol. The van der Waals surface area contributed by atoms with Gasteiger partial charge in [-0.25, -0.2) is 10.7 Å². The van der Waals surface area contributed by atoms with Gasteiger partial charge in [0.05, 0.1) is 19.0 Å². The first kappa shape index (κ1) is 57.6. The fraction of sp³-hybridized carbons (Fsp3) is 0.267. The lowest BCUT2D eigenvalue weighted by Gasteiger charge is -2.11. The van der Waals surface area contributed by atoms with Crippen molar-refractivity contribution >= 4 is 30.9 Å². The third kappa shape index (κ3) is 17.0. The van der Waals surface area contributed by atoms with Crippen LogP contribution >= 0.6 is 0 Å². The molecule has 0 saturated carbocycles. The van der Waals surface area contributed by atoms with Crippen molar-refractivity contribution < 1.29 is 31.1 Å². The van der Waals surface area contributed by atoms with E-state index < -0.39 is 0 Å². The molecule has 0 fully saturated rings. The number of nitrogens with zero attached hydrogens (tertiary/aromatic N) is 7. The van der Waals surface area contributed by atoms with Gasteiger partial charge in [0.25, 0.3) is 0 Å². The minimum absolute atomic E-state index is 0. The molecule has 0 aliphatic carbocycles. The molecule has 0 bridgehead atoms. The molecule has 324 valence electrons. The Morgan fingerprint density at radius 1 is 0.639 bits per heavy atom. The molecule has 16 nitrogen and oxygen atoms in total. The second-order valence-electron chi connectivity index (χ2n) is 12.9. The third-order valence-corrected chi connectivity index (χ3v) is 9.51. The Morgan fingerprint density at radius 3 is 1.59 bits per heavy atom. The van der Waals surface area contributed by atoms with Crippen molar-refractivity contribution in [2.45, 2.75) is 83.1 Å². The molecular weight excluding hydrogens is 781 g/mol. The van der Waals surface area contributed by atoms with Gasteiger partial charge in [-0.15, -0.1) is 5.16 Å². The molecule has 16 heteroatoms. The summed E-state index contributed by atoms with van der Waals surface area (Å²) in [5.41, 5.74) is 17.1. The van der Waals surface area contributed by atoms with Gasteiger partial charge in [0, 0.05) is 33.4 Å². The van der Waals surface area contributed by atoms with E-state index in [4.69, 9.17) is 38.8 Å². The summed E-state index contributed by atoms with van der Waals surface area (Å²) in [4.78, 5) is 8.17. The maximum Gasteiger partial charge on any atom is 0.337 e. The lowest BCUT2D eigenvalue weighted by Crippen LogP contribution is -1.98. The summed E-state index contributed by atoms with van der Waals surface area (Å²) in [5.74, 6) is 3.94. The Kier molecular flexibility index (Phi) is 28.7. The smallest absolute Gasteiger partial charge is 0.337 e. The first-order valence-corrected chi connectivity index (χ1v) is 17.7. The zero-order valence-electron chi connectivity index (χ0n) is 36.8. The average molecular weight is 837 g/mol. The number of benzene rings is 4. The molecule has 0 atom stereocenters. The van der Waals surface area contributed by atoms with Crippen LogP contribution in [-0.4, -0.2) is 45.5 Å². The van der Waals surface area contributed by atoms with Crippen molar-refractivity contribution in [2.75, 3.05) is 0 Å². The molecule has 0 heterocycles. The van der Waals surface area contributed by atoms with Crippen LogP contribution in [0.15, 0.2) is 52.4 Å². The van der Waals surface area contributed by atoms with E-state index in [0.29, 0.717) is 28.1 Å². The number of aryl methyl sites for hydroxylation is 5. The van der Waals surface area contributed by atoms with E-state index >= 15 is 0 Å². The number of nitrogens with two attached hydrogens (primary N) is 1.